The molecule has 0 aliphatic carbocycles. The summed E-state index contributed by atoms with van der Waals surface area (Å²) in [6.45, 7) is 2.26. The van der Waals surface area contributed by atoms with E-state index in [2.05, 4.69) is 5.32 Å². The zero-order valence-electron chi connectivity index (χ0n) is 5.80. The first kappa shape index (κ1) is 9.46. The molecule has 0 bridgehead atoms. The van der Waals surface area contributed by atoms with Gasteiger partial charge in [-0.25, -0.2) is 0 Å². The van der Waals surface area contributed by atoms with Crippen molar-refractivity contribution in [2.24, 2.45) is 5.73 Å². The molecule has 4 heteroatoms. The quantitative estimate of drug-likeness (QED) is 0.621. The number of primary amides is 1. The van der Waals surface area contributed by atoms with Crippen LogP contribution < -0.4 is 11.1 Å². The molecule has 58 valence electrons. The minimum absolute atomic E-state index is 0.298. The fourth-order valence-electron chi connectivity index (χ4n) is 0.390. The van der Waals surface area contributed by atoms with Gasteiger partial charge in [0.15, 0.2) is 0 Å². The molecular formula is C6H11ClN2O. The highest BCUT2D eigenvalue weighted by atomic mass is 35.5. The van der Waals surface area contributed by atoms with Gasteiger partial charge >= 0.3 is 0 Å². The van der Waals surface area contributed by atoms with Gasteiger partial charge in [-0.1, -0.05) is 17.7 Å². The van der Waals surface area contributed by atoms with E-state index in [-0.39, 0.29) is 11.9 Å². The van der Waals surface area contributed by atoms with E-state index in [1.165, 1.54) is 5.54 Å². The Balaban J connectivity index is 3.39. The molecule has 0 heterocycles. The molecule has 1 atom stereocenters. The van der Waals surface area contributed by atoms with Crippen molar-refractivity contribution in [2.75, 3.05) is 6.54 Å². The Morgan fingerprint density at radius 1 is 1.90 bits per heavy atom. The lowest BCUT2D eigenvalue weighted by molar-refractivity contribution is -0.119. The second-order valence-electron chi connectivity index (χ2n) is 1.89. The topological polar surface area (TPSA) is 55.1 Å². The van der Waals surface area contributed by atoms with E-state index < -0.39 is 0 Å². The van der Waals surface area contributed by atoms with Crippen molar-refractivity contribution in [1.29, 1.82) is 0 Å². The molecule has 10 heavy (non-hydrogen) atoms. The molecule has 1 amide bonds. The average Bonchev–Trinajstić information content (AvgIpc) is 1.88. The summed E-state index contributed by atoms with van der Waals surface area (Å²) in [5.41, 5.74) is 6.35. The fourth-order valence-corrected chi connectivity index (χ4v) is 0.479. The van der Waals surface area contributed by atoms with Crippen molar-refractivity contribution in [3.8, 4) is 0 Å². The molecule has 0 aromatic carbocycles. The summed E-state index contributed by atoms with van der Waals surface area (Å²) in [6, 6.07) is -0.298. The third-order valence-corrected chi connectivity index (χ3v) is 1.24. The maximum atomic E-state index is 10.4. The molecule has 3 N–H and O–H groups in total. The molecule has 0 aliphatic heterocycles. The number of hydrogen-bond donors (Lipinski definition) is 2. The van der Waals surface area contributed by atoms with Crippen LogP contribution in [0.25, 0.3) is 0 Å². The van der Waals surface area contributed by atoms with Crippen molar-refractivity contribution < 1.29 is 4.79 Å². The summed E-state index contributed by atoms with van der Waals surface area (Å²) in [5, 5.41) is 2.84. The molecule has 0 aromatic heterocycles. The number of nitrogens with two attached hydrogens (primary N) is 1. The highest BCUT2D eigenvalue weighted by molar-refractivity contribution is 6.25. The van der Waals surface area contributed by atoms with Crippen LogP contribution in [0.4, 0.5) is 0 Å². The number of carbonyl (C=O) groups excluding carboxylic acids is 1. The third kappa shape index (κ3) is 4.35. The maximum absolute atomic E-state index is 10.4. The van der Waals surface area contributed by atoms with Gasteiger partial charge < -0.3 is 11.1 Å². The largest absolute Gasteiger partial charge is 0.368 e. The standard InChI is InChI=1S/C6H11ClN2O/c1-5(6(8)10)9-4-2-3-7/h2-3,5,9H,4H2,1H3,(H2,8,10)/b3-2+. The van der Waals surface area contributed by atoms with Gasteiger partial charge in [0.25, 0.3) is 0 Å². The number of hydrogen-bond acceptors (Lipinski definition) is 2. The van der Waals surface area contributed by atoms with Crippen molar-refractivity contribution >= 4 is 17.5 Å². The van der Waals surface area contributed by atoms with Crippen LogP contribution in [0.15, 0.2) is 11.6 Å². The first-order valence-corrected chi connectivity index (χ1v) is 3.40. The van der Waals surface area contributed by atoms with E-state index in [0.29, 0.717) is 6.54 Å². The maximum Gasteiger partial charge on any atom is 0.234 e. The minimum Gasteiger partial charge on any atom is -0.368 e. The monoisotopic (exact) mass is 162 g/mol. The van der Waals surface area contributed by atoms with E-state index in [4.69, 9.17) is 17.3 Å². The lowest BCUT2D eigenvalue weighted by Crippen LogP contribution is -2.38. The Morgan fingerprint density at radius 3 is 2.90 bits per heavy atom. The molecule has 1 unspecified atom stereocenters. The number of carbonyl (C=O) groups is 1. The first-order chi connectivity index (χ1) is 4.68. The number of nitrogens with one attached hydrogen (secondary N) is 1. The van der Waals surface area contributed by atoms with Crippen LogP contribution in [0.2, 0.25) is 0 Å². The molecule has 0 saturated carbocycles. The second-order valence-corrected chi connectivity index (χ2v) is 2.15. The van der Waals surface area contributed by atoms with Crippen molar-refractivity contribution in [3.05, 3.63) is 11.6 Å². The van der Waals surface area contributed by atoms with E-state index in [1.54, 1.807) is 13.0 Å². The summed E-state index contributed by atoms with van der Waals surface area (Å²) >= 11 is 5.23. The van der Waals surface area contributed by atoms with Gasteiger partial charge in [0.1, 0.15) is 0 Å². The predicted octanol–water partition coefficient (Wildman–Crippen LogP) is 0.202. The van der Waals surface area contributed by atoms with Crippen molar-refractivity contribution in [1.82, 2.24) is 5.32 Å². The summed E-state index contributed by atoms with van der Waals surface area (Å²) < 4.78 is 0. The van der Waals surface area contributed by atoms with Gasteiger partial charge in [-0.15, -0.1) is 0 Å². The van der Waals surface area contributed by atoms with Crippen LogP contribution in [-0.4, -0.2) is 18.5 Å². The van der Waals surface area contributed by atoms with Crippen LogP contribution in [0.3, 0.4) is 0 Å². The van der Waals surface area contributed by atoms with Gasteiger partial charge in [-0.2, -0.15) is 0 Å². The zero-order valence-corrected chi connectivity index (χ0v) is 6.56. The third-order valence-electron chi connectivity index (χ3n) is 1.06. The SMILES string of the molecule is CC(NC/C=C/Cl)C(N)=O. The summed E-state index contributed by atoms with van der Waals surface area (Å²) in [7, 11) is 0. The average molecular weight is 163 g/mol. The lowest BCUT2D eigenvalue weighted by Gasteiger charge is -2.05. The number of halogens is 1. The molecule has 0 rings (SSSR count). The normalized spacial score (nSPS) is 13.8. The Bertz CT molecular complexity index is 136. The van der Waals surface area contributed by atoms with Crippen LogP contribution >= 0.6 is 11.6 Å². The minimum atomic E-state index is -0.358. The Kier molecular flexibility index (Phi) is 4.98. The fraction of sp³-hybridized carbons (Fsp3) is 0.500. The molecule has 0 spiro atoms. The first-order valence-electron chi connectivity index (χ1n) is 2.96. The molecule has 0 aliphatic rings. The van der Waals surface area contributed by atoms with Crippen LogP contribution in [0.1, 0.15) is 6.92 Å². The lowest BCUT2D eigenvalue weighted by atomic mass is 10.3. The summed E-state index contributed by atoms with van der Waals surface area (Å²) in [5.74, 6) is -0.358. The van der Waals surface area contributed by atoms with Gasteiger partial charge in [0.05, 0.1) is 6.04 Å². The summed E-state index contributed by atoms with van der Waals surface area (Å²) in [4.78, 5) is 10.4. The molecule has 0 saturated heterocycles. The molecular weight excluding hydrogens is 152 g/mol. The van der Waals surface area contributed by atoms with Crippen LogP contribution in [-0.2, 0) is 4.79 Å². The van der Waals surface area contributed by atoms with E-state index in [9.17, 15) is 4.79 Å². The van der Waals surface area contributed by atoms with Gasteiger partial charge in [0.2, 0.25) is 5.91 Å². The Labute approximate surface area is 65.2 Å². The van der Waals surface area contributed by atoms with Crippen molar-refractivity contribution in [2.45, 2.75) is 13.0 Å². The molecule has 0 radical (unpaired) electrons. The van der Waals surface area contributed by atoms with Gasteiger partial charge in [-0.3, -0.25) is 4.79 Å². The second kappa shape index (κ2) is 5.26. The molecule has 3 nitrogen and oxygen atoms in total. The highest BCUT2D eigenvalue weighted by Gasteiger charge is 2.04. The highest BCUT2D eigenvalue weighted by Crippen LogP contribution is 1.80. The van der Waals surface area contributed by atoms with Crippen LogP contribution in [0.5, 0.6) is 0 Å². The zero-order chi connectivity index (χ0) is 7.98. The number of amides is 1. The number of rotatable bonds is 4. The Hall–Kier alpha value is -0.540. The van der Waals surface area contributed by atoms with Gasteiger partial charge in [-0.05, 0) is 6.92 Å². The summed E-state index contributed by atoms with van der Waals surface area (Å²) in [6.07, 6.45) is 1.70. The Morgan fingerprint density at radius 2 is 2.50 bits per heavy atom. The molecule has 0 fully saturated rings. The van der Waals surface area contributed by atoms with Gasteiger partial charge in [0, 0.05) is 12.1 Å². The van der Waals surface area contributed by atoms with Crippen LogP contribution in [0, 0.1) is 0 Å². The van der Waals surface area contributed by atoms with E-state index in [0.717, 1.165) is 0 Å². The van der Waals surface area contributed by atoms with E-state index >= 15 is 0 Å². The smallest absolute Gasteiger partial charge is 0.234 e. The molecule has 0 aromatic rings. The van der Waals surface area contributed by atoms with E-state index in [1.807, 2.05) is 0 Å². The predicted molar refractivity (Wildman–Crippen MR) is 41.7 cm³/mol. The van der Waals surface area contributed by atoms with Crippen molar-refractivity contribution in [3.63, 3.8) is 0 Å².